The summed E-state index contributed by atoms with van der Waals surface area (Å²) in [5.74, 6) is -0.314. The number of nitriles is 1. The van der Waals surface area contributed by atoms with Gasteiger partial charge in [0.1, 0.15) is 5.82 Å². The molecule has 0 aliphatic heterocycles. The molecule has 0 aliphatic rings. The zero-order chi connectivity index (χ0) is 19.1. The number of carbonyl (C=O) groups excluding carboxylic acids is 1. The van der Waals surface area contributed by atoms with Crippen molar-refractivity contribution in [3.63, 3.8) is 0 Å². The fraction of sp³-hybridized carbons (Fsp3) is 0.167. The average Bonchev–Trinajstić information content (AvgIpc) is 2.63. The number of halogens is 2. The van der Waals surface area contributed by atoms with Gasteiger partial charge in [-0.15, -0.1) is 0 Å². The van der Waals surface area contributed by atoms with E-state index < -0.39 is 11.7 Å². The first kappa shape index (κ1) is 19.7. The Labute approximate surface area is 163 Å². The van der Waals surface area contributed by atoms with Crippen LogP contribution in [0.15, 0.2) is 35.4 Å². The quantitative estimate of drug-likeness (QED) is 0.401. The lowest BCUT2D eigenvalue weighted by atomic mass is 10.1. The molecule has 2 aromatic carbocycles. The molecule has 8 heteroatoms. The molecule has 0 unspecified atom stereocenters. The summed E-state index contributed by atoms with van der Waals surface area (Å²) in [6.45, 7) is 2.38. The van der Waals surface area contributed by atoms with Crippen LogP contribution in [0.1, 0.15) is 28.4 Å². The lowest BCUT2D eigenvalue weighted by Gasteiger charge is -2.12. The summed E-state index contributed by atoms with van der Waals surface area (Å²) in [6, 6.07) is 8.93. The second kappa shape index (κ2) is 9.15. The van der Waals surface area contributed by atoms with Crippen molar-refractivity contribution in [3.05, 3.63) is 56.4 Å². The van der Waals surface area contributed by atoms with E-state index in [1.165, 1.54) is 25.5 Å². The second-order valence-corrected chi connectivity index (χ2v) is 6.13. The maximum atomic E-state index is 13.8. The summed E-state index contributed by atoms with van der Waals surface area (Å²) >= 11 is 2.11. The number of hydrogen-bond donors (Lipinski definition) is 1. The number of carbonyl (C=O) groups is 1. The number of nitrogens with one attached hydrogen (secondary N) is 1. The molecule has 0 radical (unpaired) electrons. The molecule has 1 N–H and O–H groups in total. The SMILES string of the molecule is CCOc1c(I)cc(/C=N/NC(=O)c2ccc(C#N)cc2F)cc1OC. The number of ether oxygens (including phenoxy) is 2. The van der Waals surface area contributed by atoms with Gasteiger partial charge >= 0.3 is 0 Å². The minimum atomic E-state index is -0.783. The zero-order valence-corrected chi connectivity index (χ0v) is 16.2. The van der Waals surface area contributed by atoms with Gasteiger partial charge in [-0.2, -0.15) is 10.4 Å². The number of benzene rings is 2. The van der Waals surface area contributed by atoms with Crippen LogP contribution in [0.3, 0.4) is 0 Å². The number of hydrazone groups is 1. The van der Waals surface area contributed by atoms with E-state index in [1.54, 1.807) is 12.1 Å². The summed E-state index contributed by atoms with van der Waals surface area (Å²) in [4.78, 5) is 12.0. The molecule has 6 nitrogen and oxygen atoms in total. The normalized spacial score (nSPS) is 10.4. The molecule has 0 atom stereocenters. The lowest BCUT2D eigenvalue weighted by Crippen LogP contribution is -2.19. The topological polar surface area (TPSA) is 83.7 Å². The van der Waals surface area contributed by atoms with E-state index in [2.05, 4.69) is 33.1 Å². The monoisotopic (exact) mass is 467 g/mol. The standard InChI is InChI=1S/C18H15FIN3O3/c1-3-26-17-15(20)7-12(8-16(17)25-2)10-22-23-18(24)13-5-4-11(9-21)6-14(13)19/h4-8,10H,3H2,1-2H3,(H,23,24)/b22-10+. The van der Waals surface area contributed by atoms with E-state index >= 15 is 0 Å². The molecule has 0 fully saturated rings. The Kier molecular flexibility index (Phi) is 6.91. The van der Waals surface area contributed by atoms with Crippen LogP contribution in [0.4, 0.5) is 4.39 Å². The predicted octanol–water partition coefficient (Wildman–Crippen LogP) is 3.47. The fourth-order valence-corrected chi connectivity index (χ4v) is 2.87. The highest BCUT2D eigenvalue weighted by atomic mass is 127. The van der Waals surface area contributed by atoms with Crippen LogP contribution in [-0.2, 0) is 0 Å². The van der Waals surface area contributed by atoms with Crippen LogP contribution in [0.2, 0.25) is 0 Å². The summed E-state index contributed by atoms with van der Waals surface area (Å²) < 4.78 is 25.5. The van der Waals surface area contributed by atoms with Gasteiger partial charge in [0.15, 0.2) is 11.5 Å². The van der Waals surface area contributed by atoms with Crippen LogP contribution < -0.4 is 14.9 Å². The first-order chi connectivity index (χ1) is 12.5. The highest BCUT2D eigenvalue weighted by Gasteiger charge is 2.12. The molecular weight excluding hydrogens is 452 g/mol. The third-order valence-corrected chi connectivity index (χ3v) is 4.06. The van der Waals surface area contributed by atoms with Crippen molar-refractivity contribution in [2.24, 2.45) is 5.10 Å². The Morgan fingerprint density at radius 2 is 2.19 bits per heavy atom. The van der Waals surface area contributed by atoms with Gasteiger partial charge in [-0.3, -0.25) is 4.79 Å². The molecule has 2 aromatic rings. The van der Waals surface area contributed by atoms with E-state index in [4.69, 9.17) is 14.7 Å². The van der Waals surface area contributed by atoms with Gasteiger partial charge in [0.05, 0.1) is 40.7 Å². The molecule has 0 aromatic heterocycles. The maximum Gasteiger partial charge on any atom is 0.274 e. The third kappa shape index (κ3) is 4.70. The fourth-order valence-electron chi connectivity index (χ4n) is 2.09. The smallest absolute Gasteiger partial charge is 0.274 e. The first-order valence-corrected chi connectivity index (χ1v) is 8.61. The van der Waals surface area contributed by atoms with Gasteiger partial charge < -0.3 is 9.47 Å². The van der Waals surface area contributed by atoms with Crippen molar-refractivity contribution in [3.8, 4) is 17.6 Å². The lowest BCUT2D eigenvalue weighted by molar-refractivity contribution is 0.0951. The molecule has 134 valence electrons. The van der Waals surface area contributed by atoms with Crippen LogP contribution in [0.25, 0.3) is 0 Å². The molecule has 1 amide bonds. The van der Waals surface area contributed by atoms with E-state index in [1.807, 2.05) is 13.0 Å². The highest BCUT2D eigenvalue weighted by Crippen LogP contribution is 2.33. The van der Waals surface area contributed by atoms with Crippen LogP contribution in [0.5, 0.6) is 11.5 Å². The van der Waals surface area contributed by atoms with Gasteiger partial charge in [-0.1, -0.05) is 0 Å². The Morgan fingerprint density at radius 1 is 1.42 bits per heavy atom. The average molecular weight is 467 g/mol. The van der Waals surface area contributed by atoms with Gasteiger partial charge in [-0.25, -0.2) is 9.82 Å². The zero-order valence-electron chi connectivity index (χ0n) is 14.0. The Bertz CT molecular complexity index is 894. The summed E-state index contributed by atoms with van der Waals surface area (Å²) in [6.07, 6.45) is 1.42. The summed E-state index contributed by atoms with van der Waals surface area (Å²) in [5, 5.41) is 12.6. The van der Waals surface area contributed by atoms with E-state index in [0.29, 0.717) is 23.7 Å². The molecule has 0 aliphatic carbocycles. The van der Waals surface area contributed by atoms with Crippen molar-refractivity contribution in [1.29, 1.82) is 5.26 Å². The van der Waals surface area contributed by atoms with Crippen molar-refractivity contribution >= 4 is 34.7 Å². The summed E-state index contributed by atoms with van der Waals surface area (Å²) in [5.41, 5.74) is 2.87. The maximum absolute atomic E-state index is 13.8. The van der Waals surface area contributed by atoms with Crippen LogP contribution in [-0.4, -0.2) is 25.8 Å². The van der Waals surface area contributed by atoms with Crippen molar-refractivity contribution < 1.29 is 18.7 Å². The number of amides is 1. The van der Waals surface area contributed by atoms with Crippen molar-refractivity contribution in [1.82, 2.24) is 5.43 Å². The molecule has 0 saturated carbocycles. The van der Waals surface area contributed by atoms with Gasteiger partial charge in [0.25, 0.3) is 5.91 Å². The van der Waals surface area contributed by atoms with Crippen molar-refractivity contribution in [2.45, 2.75) is 6.92 Å². The number of nitrogens with zero attached hydrogens (tertiary/aromatic N) is 2. The van der Waals surface area contributed by atoms with Gasteiger partial charge in [0, 0.05) is 0 Å². The van der Waals surface area contributed by atoms with E-state index in [0.717, 1.165) is 9.64 Å². The number of rotatable bonds is 6. The molecule has 0 bridgehead atoms. The minimum absolute atomic E-state index is 0.138. The Balaban J connectivity index is 2.14. The second-order valence-electron chi connectivity index (χ2n) is 4.97. The molecule has 0 spiro atoms. The predicted molar refractivity (Wildman–Crippen MR) is 103 cm³/mol. The van der Waals surface area contributed by atoms with E-state index in [9.17, 15) is 9.18 Å². The van der Waals surface area contributed by atoms with Crippen molar-refractivity contribution in [2.75, 3.05) is 13.7 Å². The molecule has 0 heterocycles. The molecule has 0 saturated heterocycles. The molecule has 2 rings (SSSR count). The van der Waals surface area contributed by atoms with E-state index in [-0.39, 0.29) is 11.1 Å². The van der Waals surface area contributed by atoms with Gasteiger partial charge in [-0.05, 0) is 65.4 Å². The first-order valence-electron chi connectivity index (χ1n) is 7.53. The Hall–Kier alpha value is -2.67. The van der Waals surface area contributed by atoms with Crippen LogP contribution in [0, 0.1) is 20.7 Å². The minimum Gasteiger partial charge on any atom is -0.493 e. The van der Waals surface area contributed by atoms with Gasteiger partial charge in [0.2, 0.25) is 0 Å². The number of hydrogen-bond acceptors (Lipinski definition) is 5. The van der Waals surface area contributed by atoms with Crippen LogP contribution >= 0.6 is 22.6 Å². The highest BCUT2D eigenvalue weighted by molar-refractivity contribution is 14.1. The molecular formula is C18H15FIN3O3. The third-order valence-electron chi connectivity index (χ3n) is 3.26. The summed E-state index contributed by atoms with van der Waals surface area (Å²) in [7, 11) is 1.53. The Morgan fingerprint density at radius 3 is 2.81 bits per heavy atom. The molecule has 26 heavy (non-hydrogen) atoms. The largest absolute Gasteiger partial charge is 0.493 e. The number of methoxy groups -OCH3 is 1.